The lowest BCUT2D eigenvalue weighted by Gasteiger charge is -2.19. The summed E-state index contributed by atoms with van der Waals surface area (Å²) in [5, 5.41) is 12.1. The van der Waals surface area contributed by atoms with E-state index in [1.807, 2.05) is 30.6 Å². The molecule has 5 aromatic heterocycles. The summed E-state index contributed by atoms with van der Waals surface area (Å²) in [4.78, 5) is 40.4. The molecule has 0 saturated carbocycles. The Balaban J connectivity index is 0.000000125. The molecule has 0 aromatic carbocycles. The van der Waals surface area contributed by atoms with Gasteiger partial charge in [0.2, 0.25) is 5.69 Å². The average molecular weight is 659 g/mol. The molecule has 12 nitrogen and oxygen atoms in total. The highest BCUT2D eigenvalue weighted by molar-refractivity contribution is 6.34. The van der Waals surface area contributed by atoms with Gasteiger partial charge in [0.05, 0.1) is 33.5 Å². The second-order valence-corrected chi connectivity index (χ2v) is 11.6. The van der Waals surface area contributed by atoms with Gasteiger partial charge >= 0.3 is 6.09 Å². The van der Waals surface area contributed by atoms with Gasteiger partial charge in [-0.3, -0.25) is 24.9 Å². The number of pyridine rings is 4. The van der Waals surface area contributed by atoms with Crippen LogP contribution >= 0.6 is 23.2 Å². The largest absolute Gasteiger partial charge is 0.618 e. The minimum atomic E-state index is -0.563. The van der Waals surface area contributed by atoms with E-state index in [1.165, 1.54) is 23.3 Å². The van der Waals surface area contributed by atoms with E-state index in [-0.39, 0.29) is 0 Å². The van der Waals surface area contributed by atoms with Crippen LogP contribution < -0.4 is 4.73 Å². The highest BCUT2D eigenvalue weighted by Crippen LogP contribution is 2.30. The van der Waals surface area contributed by atoms with Crippen molar-refractivity contribution >= 4 is 76.2 Å². The summed E-state index contributed by atoms with van der Waals surface area (Å²) in [5.41, 5.74) is 5.81. The number of hydrogen-bond donors (Lipinski definition) is 0. The van der Waals surface area contributed by atoms with Gasteiger partial charge in [-0.1, -0.05) is 23.2 Å². The van der Waals surface area contributed by atoms with Gasteiger partial charge in [0.15, 0.2) is 11.8 Å². The van der Waals surface area contributed by atoms with Crippen LogP contribution in [0.3, 0.4) is 0 Å². The van der Waals surface area contributed by atoms with E-state index in [0.717, 1.165) is 51.7 Å². The number of halogens is 2. The SMILES string of the molecule is C1=Nc2cccnc2C1.CC(C)(C)OC(=O)n1cnc2c(Cl)ccnc21.Clc1ccnc2c1N=CC2.[O-][n+]1cccc2c1CC=N2. The molecule has 8 rings (SSSR count). The minimum absolute atomic E-state index is 0.395. The van der Waals surface area contributed by atoms with Gasteiger partial charge in [0.1, 0.15) is 28.8 Å². The van der Waals surface area contributed by atoms with Gasteiger partial charge in [-0.25, -0.2) is 19.3 Å². The molecule has 0 atom stereocenters. The molecule has 5 aromatic rings. The van der Waals surface area contributed by atoms with Gasteiger partial charge < -0.3 is 9.94 Å². The number of rotatable bonds is 0. The zero-order valence-corrected chi connectivity index (χ0v) is 26.7. The Morgan fingerprint density at radius 3 is 2.26 bits per heavy atom. The Bertz CT molecular complexity index is 1970. The van der Waals surface area contributed by atoms with Gasteiger partial charge in [0, 0.05) is 56.1 Å². The summed E-state index contributed by atoms with van der Waals surface area (Å²) in [5.74, 6) is 0. The molecule has 0 bridgehead atoms. The van der Waals surface area contributed by atoms with E-state index >= 15 is 0 Å². The van der Waals surface area contributed by atoms with Crippen molar-refractivity contribution in [3.63, 3.8) is 0 Å². The number of nitrogens with zero attached hydrogens (tertiary/aromatic N) is 9. The Morgan fingerprint density at radius 1 is 0.826 bits per heavy atom. The molecule has 0 N–H and O–H groups in total. The quantitative estimate of drug-likeness (QED) is 0.132. The average Bonchev–Trinajstić information content (AvgIpc) is 3.84. The Labute approximate surface area is 274 Å². The molecule has 0 spiro atoms. The lowest BCUT2D eigenvalue weighted by Crippen LogP contribution is -2.30. The van der Waals surface area contributed by atoms with Crippen LogP contribution in [-0.4, -0.2) is 54.8 Å². The standard InChI is InChI=1S/C11H12ClN3O2.C7H5ClN2.C7H6N2O.C7H6N2/c1-11(2,3)17-10(16)15-6-14-8-7(12)4-5-13-9(8)15;8-5-1-3-9-6-2-4-10-7(5)6;10-9-5-1-2-6-7(9)3-4-8-6;1-2-6-7(8-4-1)3-5-9-6/h4-6H,1-3H3;1,3-4H,2H2;1-2,4-5H,3H2;1-2,4-5H,3H2. The number of fused-ring (bicyclic) bond motifs is 4. The van der Waals surface area contributed by atoms with Gasteiger partial charge in [-0.15, -0.1) is 0 Å². The number of carbonyl (C=O) groups excluding carboxylic acids is 1. The summed E-state index contributed by atoms with van der Waals surface area (Å²) in [6.45, 7) is 5.39. The fourth-order valence-electron chi connectivity index (χ4n) is 4.30. The summed E-state index contributed by atoms with van der Waals surface area (Å²) < 4.78 is 7.34. The third kappa shape index (κ3) is 7.95. The lowest BCUT2D eigenvalue weighted by molar-refractivity contribution is -0.612. The van der Waals surface area contributed by atoms with E-state index in [1.54, 1.807) is 57.6 Å². The molecule has 0 radical (unpaired) electrons. The van der Waals surface area contributed by atoms with Crippen molar-refractivity contribution < 1.29 is 14.3 Å². The zero-order valence-electron chi connectivity index (χ0n) is 25.2. The van der Waals surface area contributed by atoms with Crippen molar-refractivity contribution in [1.29, 1.82) is 0 Å². The molecular weight excluding hydrogens is 629 g/mol. The summed E-state index contributed by atoms with van der Waals surface area (Å²) in [6, 6.07) is 10.8. The monoisotopic (exact) mass is 657 g/mol. The van der Waals surface area contributed by atoms with Crippen LogP contribution in [0.25, 0.3) is 11.2 Å². The molecule has 0 saturated heterocycles. The lowest BCUT2D eigenvalue weighted by atomic mass is 10.2. The maximum atomic E-state index is 11.9. The van der Waals surface area contributed by atoms with Crippen LogP contribution in [0.2, 0.25) is 10.0 Å². The molecule has 234 valence electrons. The first-order valence-electron chi connectivity index (χ1n) is 14.2. The molecule has 14 heteroatoms. The van der Waals surface area contributed by atoms with Crippen LogP contribution in [0.15, 0.2) is 82.5 Å². The first kappa shape index (κ1) is 32.3. The third-order valence-corrected chi connectivity index (χ3v) is 6.98. The van der Waals surface area contributed by atoms with E-state index in [4.69, 9.17) is 27.9 Å². The number of ether oxygens (including phenoxy) is 1. The number of hydrogen-bond acceptors (Lipinski definition) is 10. The molecule has 0 unspecified atom stereocenters. The predicted octanol–water partition coefficient (Wildman–Crippen LogP) is 6.78. The van der Waals surface area contributed by atoms with E-state index in [2.05, 4.69) is 34.9 Å². The van der Waals surface area contributed by atoms with Crippen LogP contribution in [0, 0.1) is 5.21 Å². The summed E-state index contributed by atoms with van der Waals surface area (Å²) in [6.07, 6.45) is 15.2. The first-order valence-corrected chi connectivity index (χ1v) is 14.9. The second-order valence-electron chi connectivity index (χ2n) is 10.8. The fraction of sp³-hybridized carbons (Fsp3) is 0.219. The molecule has 0 fully saturated rings. The Hall–Kier alpha value is -5.07. The number of imidazole rings is 1. The zero-order chi connectivity index (χ0) is 32.7. The molecule has 0 amide bonds. The number of aliphatic imine (C=N–C) groups is 3. The summed E-state index contributed by atoms with van der Waals surface area (Å²) in [7, 11) is 0. The van der Waals surface area contributed by atoms with Crippen molar-refractivity contribution in [3.8, 4) is 0 Å². The molecule has 3 aliphatic heterocycles. The smallest absolute Gasteiger partial charge is 0.421 e. The van der Waals surface area contributed by atoms with Crippen LogP contribution in [0.4, 0.5) is 21.9 Å². The van der Waals surface area contributed by atoms with Gasteiger partial charge in [-0.2, -0.15) is 4.73 Å². The van der Waals surface area contributed by atoms with Crippen molar-refractivity contribution in [1.82, 2.24) is 24.5 Å². The molecule has 3 aliphatic rings. The molecular formula is C32H29Cl2N9O3. The minimum Gasteiger partial charge on any atom is -0.618 e. The number of carbonyl (C=O) groups is 1. The molecule has 46 heavy (non-hydrogen) atoms. The number of aromatic nitrogens is 6. The normalized spacial score (nSPS) is 13.0. The van der Waals surface area contributed by atoms with E-state index in [9.17, 15) is 10.0 Å². The van der Waals surface area contributed by atoms with Crippen LogP contribution in [-0.2, 0) is 24.0 Å². The topological polar surface area (TPSA) is 147 Å². The van der Waals surface area contributed by atoms with Gasteiger partial charge in [0.25, 0.3) is 0 Å². The van der Waals surface area contributed by atoms with E-state index in [0.29, 0.717) is 27.6 Å². The van der Waals surface area contributed by atoms with Crippen LogP contribution in [0.1, 0.15) is 37.9 Å². The first-order chi connectivity index (χ1) is 22.1. The Morgan fingerprint density at radius 2 is 1.50 bits per heavy atom. The molecule has 0 aliphatic carbocycles. The van der Waals surface area contributed by atoms with Crippen molar-refractivity contribution in [3.05, 3.63) is 99.8 Å². The highest BCUT2D eigenvalue weighted by Gasteiger charge is 2.20. The fourth-order valence-corrected chi connectivity index (χ4v) is 4.70. The second kappa shape index (κ2) is 14.4. The van der Waals surface area contributed by atoms with Crippen molar-refractivity contribution in [2.75, 3.05) is 0 Å². The Kier molecular flexibility index (Phi) is 10.1. The molecule has 8 heterocycles. The highest BCUT2D eigenvalue weighted by atomic mass is 35.5. The third-order valence-electron chi connectivity index (χ3n) is 6.37. The van der Waals surface area contributed by atoms with Gasteiger partial charge in [-0.05, 0) is 51.1 Å². The summed E-state index contributed by atoms with van der Waals surface area (Å²) >= 11 is 11.8. The van der Waals surface area contributed by atoms with Crippen molar-refractivity contribution in [2.24, 2.45) is 15.0 Å². The maximum absolute atomic E-state index is 11.9. The maximum Gasteiger partial charge on any atom is 0.421 e. The van der Waals surface area contributed by atoms with Crippen LogP contribution in [0.5, 0.6) is 0 Å². The van der Waals surface area contributed by atoms with E-state index < -0.39 is 11.7 Å². The van der Waals surface area contributed by atoms with Crippen molar-refractivity contribution in [2.45, 2.75) is 45.6 Å². The predicted molar refractivity (Wildman–Crippen MR) is 179 cm³/mol.